The number of carbonyl (C=O) groups is 4. The van der Waals surface area contributed by atoms with Crippen molar-refractivity contribution >= 4 is 39.5 Å². The van der Waals surface area contributed by atoms with Gasteiger partial charge in [0.25, 0.3) is 0 Å². The van der Waals surface area contributed by atoms with Crippen molar-refractivity contribution in [2.75, 3.05) is 39.6 Å². The lowest BCUT2D eigenvalue weighted by Crippen LogP contribution is -2.30. The van der Waals surface area contributed by atoms with Crippen LogP contribution in [0.5, 0.6) is 0 Å². The zero-order valence-corrected chi connectivity index (χ0v) is 70.1. The summed E-state index contributed by atoms with van der Waals surface area (Å²) in [5, 5.41) is 10.7. The third kappa shape index (κ3) is 78.2. The van der Waals surface area contributed by atoms with Crippen molar-refractivity contribution in [3.63, 3.8) is 0 Å². The summed E-state index contributed by atoms with van der Waals surface area (Å²) in [4.78, 5) is 73.2. The van der Waals surface area contributed by atoms with Crippen LogP contribution in [0.2, 0.25) is 0 Å². The number of hydrogen-bond donors (Lipinski definition) is 3. The predicted octanol–water partition coefficient (Wildman–Crippen LogP) is 25.8. The summed E-state index contributed by atoms with van der Waals surface area (Å²) in [7, 11) is -9.93. The van der Waals surface area contributed by atoms with Crippen LogP contribution >= 0.6 is 15.6 Å². The standard InChI is InChI=1S/C85H166O17P2/c1-7-9-11-13-15-17-19-20-21-22-23-24-25-30-33-39-45-51-57-63-69-84(89)101-81(74-96-83(88)68-62-56-50-44-38-32-29-27-26-28-31-36-41-47-53-59-65-77(3)4)76-100-104(93,94)98-72-79(86)71-97-103(91,92)99-75-80(73-95-82(87)67-61-55-49-43-35-18-16-14-12-10-8-2)102-85(90)70-64-58-52-46-40-34-37-42-48-54-60-66-78(5)6/h77-81,86H,7-76H2,1-6H3,(H,91,92)(H,93,94)/t79-,80+,81+/m0/s1. The van der Waals surface area contributed by atoms with Gasteiger partial charge in [0.1, 0.15) is 19.3 Å². The van der Waals surface area contributed by atoms with E-state index < -0.39 is 97.5 Å². The number of hydrogen-bond acceptors (Lipinski definition) is 15. The van der Waals surface area contributed by atoms with Crippen LogP contribution in [0.25, 0.3) is 0 Å². The quantitative estimate of drug-likeness (QED) is 0.0222. The lowest BCUT2D eigenvalue weighted by molar-refractivity contribution is -0.161. The molecule has 0 aliphatic rings. The molecule has 0 aliphatic carbocycles. The fourth-order valence-corrected chi connectivity index (χ4v) is 14.8. The first kappa shape index (κ1) is 102. The highest BCUT2D eigenvalue weighted by atomic mass is 31.2. The summed E-state index contributed by atoms with van der Waals surface area (Å²) in [6.07, 6.45) is 68.0. The molecular weight excluding hydrogens is 1350 g/mol. The van der Waals surface area contributed by atoms with E-state index in [1.165, 1.54) is 270 Å². The predicted molar refractivity (Wildman–Crippen MR) is 428 cm³/mol. The minimum atomic E-state index is -4.97. The first-order valence-corrected chi connectivity index (χ1v) is 47.0. The molecule has 0 fully saturated rings. The number of unbranched alkanes of at least 4 members (excludes halogenated alkanes) is 54. The number of rotatable bonds is 84. The van der Waals surface area contributed by atoms with Gasteiger partial charge >= 0.3 is 39.5 Å². The number of phosphoric ester groups is 2. The van der Waals surface area contributed by atoms with Crippen LogP contribution in [0.4, 0.5) is 0 Å². The van der Waals surface area contributed by atoms with Crippen molar-refractivity contribution in [1.82, 2.24) is 0 Å². The summed E-state index contributed by atoms with van der Waals surface area (Å²) in [5.41, 5.74) is 0. The number of ether oxygens (including phenoxy) is 4. The maximum Gasteiger partial charge on any atom is 0.472 e. The molecule has 5 atom stereocenters. The second-order valence-electron chi connectivity index (χ2n) is 31.5. The van der Waals surface area contributed by atoms with Gasteiger partial charge in [0.2, 0.25) is 0 Å². The summed E-state index contributed by atoms with van der Waals surface area (Å²) in [6.45, 7) is 9.69. The molecule has 0 aromatic rings. The summed E-state index contributed by atoms with van der Waals surface area (Å²) in [5.74, 6) is -0.525. The Kier molecular flexibility index (Phi) is 75.0. The normalized spacial score (nSPS) is 13.8. The van der Waals surface area contributed by atoms with Crippen molar-refractivity contribution in [3.05, 3.63) is 0 Å². The average molecular weight is 1520 g/mol. The Labute approximate surface area is 638 Å². The molecule has 0 amide bonds. The van der Waals surface area contributed by atoms with Crippen molar-refractivity contribution in [2.45, 2.75) is 471 Å². The van der Waals surface area contributed by atoms with E-state index in [4.69, 9.17) is 37.0 Å². The fraction of sp³-hybridized carbons (Fsp3) is 0.953. The Balaban J connectivity index is 5.24. The van der Waals surface area contributed by atoms with E-state index in [1.54, 1.807) is 0 Å². The van der Waals surface area contributed by atoms with Gasteiger partial charge in [-0.2, -0.15) is 0 Å². The van der Waals surface area contributed by atoms with Crippen molar-refractivity contribution in [1.29, 1.82) is 0 Å². The van der Waals surface area contributed by atoms with Gasteiger partial charge in [-0.05, 0) is 37.5 Å². The van der Waals surface area contributed by atoms with Crippen molar-refractivity contribution < 1.29 is 80.2 Å². The molecule has 0 aromatic heterocycles. The molecule has 3 N–H and O–H groups in total. The van der Waals surface area contributed by atoms with E-state index in [9.17, 15) is 43.2 Å². The molecule has 19 heteroatoms. The van der Waals surface area contributed by atoms with E-state index in [0.29, 0.717) is 25.7 Å². The third-order valence-corrected chi connectivity index (χ3v) is 21.9. The van der Waals surface area contributed by atoms with E-state index in [0.717, 1.165) is 102 Å². The van der Waals surface area contributed by atoms with Crippen LogP contribution in [0.15, 0.2) is 0 Å². The van der Waals surface area contributed by atoms with Gasteiger partial charge < -0.3 is 33.8 Å². The Morgan fingerprint density at radius 1 is 0.260 bits per heavy atom. The van der Waals surface area contributed by atoms with Crippen LogP contribution < -0.4 is 0 Å². The first-order valence-electron chi connectivity index (χ1n) is 44.0. The lowest BCUT2D eigenvalue weighted by Gasteiger charge is -2.21. The lowest BCUT2D eigenvalue weighted by atomic mass is 10.0. The monoisotopic (exact) mass is 1520 g/mol. The molecule has 0 rings (SSSR count). The smallest absolute Gasteiger partial charge is 0.462 e. The molecule has 17 nitrogen and oxygen atoms in total. The van der Waals surface area contributed by atoms with Gasteiger partial charge in [-0.25, -0.2) is 9.13 Å². The molecule has 0 saturated carbocycles. The molecule has 0 bridgehead atoms. The number of aliphatic hydroxyl groups excluding tert-OH is 1. The molecule has 0 saturated heterocycles. The highest BCUT2D eigenvalue weighted by Crippen LogP contribution is 2.45. The van der Waals surface area contributed by atoms with E-state index in [2.05, 4.69) is 41.5 Å². The second-order valence-corrected chi connectivity index (χ2v) is 34.4. The van der Waals surface area contributed by atoms with Crippen LogP contribution in [0.3, 0.4) is 0 Å². The molecule has 2 unspecified atom stereocenters. The van der Waals surface area contributed by atoms with Crippen LogP contribution in [-0.4, -0.2) is 96.7 Å². The average Bonchev–Trinajstić information content (AvgIpc) is 0.905. The minimum Gasteiger partial charge on any atom is -0.462 e. The van der Waals surface area contributed by atoms with Gasteiger partial charge in [-0.3, -0.25) is 37.3 Å². The van der Waals surface area contributed by atoms with Gasteiger partial charge in [0.05, 0.1) is 26.4 Å². The minimum absolute atomic E-state index is 0.107. The summed E-state index contributed by atoms with van der Waals surface area (Å²) in [6, 6.07) is 0. The number of esters is 4. The van der Waals surface area contributed by atoms with E-state index in [1.807, 2.05) is 0 Å². The van der Waals surface area contributed by atoms with Gasteiger partial charge in [-0.1, -0.05) is 401 Å². The molecule has 618 valence electrons. The summed E-state index contributed by atoms with van der Waals surface area (Å²) < 4.78 is 68.9. The van der Waals surface area contributed by atoms with Crippen LogP contribution in [-0.2, 0) is 65.4 Å². The van der Waals surface area contributed by atoms with E-state index >= 15 is 0 Å². The maximum atomic E-state index is 13.1. The Morgan fingerprint density at radius 3 is 0.654 bits per heavy atom. The Hall–Kier alpha value is -1.94. The van der Waals surface area contributed by atoms with Crippen molar-refractivity contribution in [3.8, 4) is 0 Å². The molecule has 104 heavy (non-hydrogen) atoms. The van der Waals surface area contributed by atoms with Gasteiger partial charge in [-0.15, -0.1) is 0 Å². The Morgan fingerprint density at radius 2 is 0.442 bits per heavy atom. The van der Waals surface area contributed by atoms with Gasteiger partial charge in [0.15, 0.2) is 12.2 Å². The zero-order chi connectivity index (χ0) is 76.4. The van der Waals surface area contributed by atoms with Crippen LogP contribution in [0.1, 0.15) is 452 Å². The van der Waals surface area contributed by atoms with E-state index in [-0.39, 0.29) is 25.7 Å². The molecular formula is C85H166O17P2. The van der Waals surface area contributed by atoms with Crippen molar-refractivity contribution in [2.24, 2.45) is 11.8 Å². The topological polar surface area (TPSA) is 237 Å². The third-order valence-electron chi connectivity index (χ3n) is 20.0. The fourth-order valence-electron chi connectivity index (χ4n) is 13.2. The molecule has 0 aromatic carbocycles. The first-order chi connectivity index (χ1) is 50.4. The molecule has 0 spiro atoms. The summed E-state index contributed by atoms with van der Waals surface area (Å²) >= 11 is 0. The highest BCUT2D eigenvalue weighted by Gasteiger charge is 2.30. The second kappa shape index (κ2) is 76.4. The maximum absolute atomic E-state index is 13.1. The van der Waals surface area contributed by atoms with Gasteiger partial charge in [0, 0.05) is 25.7 Å². The largest absolute Gasteiger partial charge is 0.472 e. The number of phosphoric acid groups is 2. The van der Waals surface area contributed by atoms with Crippen LogP contribution in [0, 0.1) is 11.8 Å². The number of aliphatic hydroxyl groups is 1. The number of carbonyl (C=O) groups excluding carboxylic acids is 4. The Bertz CT molecular complexity index is 1990. The highest BCUT2D eigenvalue weighted by molar-refractivity contribution is 7.47. The molecule has 0 radical (unpaired) electrons. The molecule has 0 aliphatic heterocycles. The molecule has 0 heterocycles. The SMILES string of the molecule is CCCCCCCCCCCCCCCCCCCCCCC(=O)O[C@H](COC(=O)CCCCCCCCCCCCCCCCCCC(C)C)COP(=O)(O)OC[C@@H](O)COP(=O)(O)OC[C@@H](COC(=O)CCCCCCCCCCCCC)OC(=O)CCCCCCCCCCCCCC(C)C. The zero-order valence-electron chi connectivity index (χ0n) is 68.3.